The highest BCUT2D eigenvalue weighted by molar-refractivity contribution is 8.00. The number of para-hydroxylation sites is 1. The predicted molar refractivity (Wildman–Crippen MR) is 180 cm³/mol. The lowest BCUT2D eigenvalue weighted by Gasteiger charge is -2.31. The van der Waals surface area contributed by atoms with Crippen LogP contribution in [0.3, 0.4) is 0 Å². The molecule has 3 aromatic rings. The number of likely N-dealkylation sites (tertiary alicyclic amines) is 1. The normalized spacial score (nSPS) is 16.1. The lowest BCUT2D eigenvalue weighted by Crippen LogP contribution is -2.37. The number of carboxylic acids is 2. The molecule has 1 fully saturated rings. The van der Waals surface area contributed by atoms with E-state index in [2.05, 4.69) is 4.90 Å². The number of piperidine rings is 1. The molecule has 2 aliphatic heterocycles. The van der Waals surface area contributed by atoms with Gasteiger partial charge in [0.05, 0.1) is 19.4 Å². The van der Waals surface area contributed by atoms with Crippen molar-refractivity contribution in [2.24, 2.45) is 5.92 Å². The highest BCUT2D eigenvalue weighted by atomic mass is 32.2. The number of ether oxygens (including phenoxy) is 2. The topological polar surface area (TPSA) is 134 Å². The number of anilines is 1. The van der Waals surface area contributed by atoms with E-state index in [1.54, 1.807) is 37.9 Å². The smallest absolute Gasteiger partial charge is 0.328 e. The second kappa shape index (κ2) is 17.5. The van der Waals surface area contributed by atoms with Crippen LogP contribution in [0.25, 0.3) is 0 Å². The molecule has 2 heterocycles. The summed E-state index contributed by atoms with van der Waals surface area (Å²) < 4.78 is 25.0. The summed E-state index contributed by atoms with van der Waals surface area (Å²) >= 11 is 1.65. The number of halogens is 1. The largest absolute Gasteiger partial charge is 0.497 e. The summed E-state index contributed by atoms with van der Waals surface area (Å²) in [5, 5.41) is 15.4. The van der Waals surface area contributed by atoms with Gasteiger partial charge in [-0.3, -0.25) is 14.5 Å². The van der Waals surface area contributed by atoms with Gasteiger partial charge in [-0.25, -0.2) is 14.0 Å². The van der Waals surface area contributed by atoms with Gasteiger partial charge < -0.3 is 24.6 Å². The number of fused-ring (bicyclic) bond motifs is 1. The molecule has 1 amide bonds. The van der Waals surface area contributed by atoms with Crippen LogP contribution in [0.1, 0.15) is 53.9 Å². The number of amides is 1. The van der Waals surface area contributed by atoms with E-state index in [1.165, 1.54) is 12.1 Å². The molecule has 2 aliphatic rings. The monoisotopic (exact) mass is 678 g/mol. The quantitative estimate of drug-likeness (QED) is 0.125. The lowest BCUT2D eigenvalue weighted by molar-refractivity contribution is -0.134. The second-order valence-corrected chi connectivity index (χ2v) is 12.4. The van der Waals surface area contributed by atoms with E-state index in [1.807, 2.05) is 47.4 Å². The Morgan fingerprint density at radius 1 is 0.938 bits per heavy atom. The van der Waals surface area contributed by atoms with E-state index in [9.17, 15) is 23.6 Å². The molecule has 48 heavy (non-hydrogen) atoms. The summed E-state index contributed by atoms with van der Waals surface area (Å²) in [6.07, 6.45) is 4.66. The molecule has 0 aromatic heterocycles. The Balaban J connectivity index is 0.000000579. The van der Waals surface area contributed by atoms with Crippen molar-refractivity contribution in [1.82, 2.24) is 4.90 Å². The number of carbonyl (C=O) groups is 4. The Bertz CT molecular complexity index is 1610. The lowest BCUT2D eigenvalue weighted by atomic mass is 9.89. The van der Waals surface area contributed by atoms with E-state index >= 15 is 0 Å². The number of thioether (sulfide) groups is 1. The molecule has 10 nitrogen and oxygen atoms in total. The summed E-state index contributed by atoms with van der Waals surface area (Å²) in [6.45, 7) is 4.91. The van der Waals surface area contributed by atoms with Crippen LogP contribution in [-0.2, 0) is 14.4 Å². The molecule has 1 atom stereocenters. The number of Topliss-reactive ketones (excluding diaryl/α,β-unsaturated/α-hetero) is 1. The summed E-state index contributed by atoms with van der Waals surface area (Å²) in [5.41, 5.74) is 2.44. The SMILES string of the molecule is COc1ccc(OCCCCN2CCC(C(=O)c3ccc(F)cc3)CC2)c(C2Sc3ccccc3N2C(C)=O)c1.O=C(O)/C=C\C(=O)O. The van der Waals surface area contributed by atoms with Gasteiger partial charge in [0, 0.05) is 41.0 Å². The molecule has 2 N–H and O–H groups in total. The molecule has 0 spiro atoms. The van der Waals surface area contributed by atoms with Crippen molar-refractivity contribution in [3.05, 3.63) is 95.8 Å². The maximum atomic E-state index is 13.2. The van der Waals surface area contributed by atoms with Gasteiger partial charge in [0.15, 0.2) is 5.78 Å². The van der Waals surface area contributed by atoms with Crippen LogP contribution in [0.5, 0.6) is 11.5 Å². The van der Waals surface area contributed by atoms with Crippen LogP contribution in [0.4, 0.5) is 10.1 Å². The zero-order valence-corrected chi connectivity index (χ0v) is 27.7. The molecule has 1 saturated heterocycles. The minimum atomic E-state index is -1.26. The third-order valence-corrected chi connectivity index (χ3v) is 9.29. The number of benzene rings is 3. The molecule has 12 heteroatoms. The molecular weight excluding hydrogens is 639 g/mol. The van der Waals surface area contributed by atoms with Crippen molar-refractivity contribution >= 4 is 41.1 Å². The van der Waals surface area contributed by atoms with Gasteiger partial charge in [0.25, 0.3) is 0 Å². The maximum absolute atomic E-state index is 13.2. The minimum absolute atomic E-state index is 0.00713. The van der Waals surface area contributed by atoms with Gasteiger partial charge in [-0.2, -0.15) is 0 Å². The van der Waals surface area contributed by atoms with Crippen LogP contribution < -0.4 is 14.4 Å². The third-order valence-electron chi connectivity index (χ3n) is 8.00. The van der Waals surface area contributed by atoms with Crippen LogP contribution in [0.15, 0.2) is 83.8 Å². The summed E-state index contributed by atoms with van der Waals surface area (Å²) in [4.78, 5) is 49.8. The van der Waals surface area contributed by atoms with Crippen molar-refractivity contribution in [3.63, 3.8) is 0 Å². The minimum Gasteiger partial charge on any atom is -0.497 e. The Morgan fingerprint density at radius 3 is 2.23 bits per heavy atom. The molecule has 254 valence electrons. The zero-order chi connectivity index (χ0) is 34.6. The number of ketones is 1. The number of aliphatic carboxylic acids is 2. The zero-order valence-electron chi connectivity index (χ0n) is 26.8. The molecule has 0 bridgehead atoms. The molecule has 1 unspecified atom stereocenters. The van der Waals surface area contributed by atoms with Gasteiger partial charge in [-0.1, -0.05) is 23.9 Å². The van der Waals surface area contributed by atoms with E-state index in [4.69, 9.17) is 19.7 Å². The Morgan fingerprint density at radius 2 is 1.60 bits per heavy atom. The van der Waals surface area contributed by atoms with Crippen LogP contribution in [-0.4, -0.2) is 72.1 Å². The van der Waals surface area contributed by atoms with Gasteiger partial charge in [-0.05, 0) is 99.9 Å². The van der Waals surface area contributed by atoms with E-state index in [0.717, 1.165) is 73.0 Å². The predicted octanol–water partition coefficient (Wildman–Crippen LogP) is 6.46. The number of hydrogen-bond donors (Lipinski definition) is 2. The molecule has 3 aromatic carbocycles. The molecule has 0 aliphatic carbocycles. The molecule has 5 rings (SSSR count). The van der Waals surface area contributed by atoms with Crippen LogP contribution in [0, 0.1) is 11.7 Å². The van der Waals surface area contributed by atoms with E-state index in [-0.39, 0.29) is 28.8 Å². The van der Waals surface area contributed by atoms with Crippen molar-refractivity contribution < 1.29 is 43.3 Å². The number of nitrogens with zero attached hydrogens (tertiary/aromatic N) is 2. The second-order valence-electron chi connectivity index (χ2n) is 11.3. The summed E-state index contributed by atoms with van der Waals surface area (Å²) in [5.74, 6) is -1.23. The average Bonchev–Trinajstić information content (AvgIpc) is 3.48. The number of rotatable bonds is 12. The number of methoxy groups -OCH3 is 1. The first-order valence-electron chi connectivity index (χ1n) is 15.6. The van der Waals surface area contributed by atoms with Gasteiger partial charge >= 0.3 is 11.9 Å². The Labute approximate surface area is 283 Å². The summed E-state index contributed by atoms with van der Waals surface area (Å²) in [7, 11) is 1.64. The van der Waals surface area contributed by atoms with E-state index < -0.39 is 11.9 Å². The number of carboxylic acid groups (broad SMARTS) is 2. The fraction of sp³-hybridized carbons (Fsp3) is 0.333. The molecular formula is C36H39FN2O8S. The first-order chi connectivity index (χ1) is 23.1. The van der Waals surface area contributed by atoms with Crippen molar-refractivity contribution in [2.75, 3.05) is 38.3 Å². The Hall–Kier alpha value is -4.68. The number of hydrogen-bond acceptors (Lipinski definition) is 8. The highest BCUT2D eigenvalue weighted by Crippen LogP contribution is 2.53. The molecule has 0 saturated carbocycles. The fourth-order valence-corrected chi connectivity index (χ4v) is 6.96. The van der Waals surface area contributed by atoms with E-state index in [0.29, 0.717) is 24.3 Å². The van der Waals surface area contributed by atoms with Crippen LogP contribution >= 0.6 is 11.8 Å². The van der Waals surface area contributed by atoms with Crippen molar-refractivity contribution in [3.8, 4) is 11.5 Å². The van der Waals surface area contributed by atoms with Gasteiger partial charge in [0.2, 0.25) is 5.91 Å². The molecule has 0 radical (unpaired) electrons. The third kappa shape index (κ3) is 9.91. The number of carbonyl (C=O) groups excluding carboxylic acids is 2. The van der Waals surface area contributed by atoms with Crippen LogP contribution in [0.2, 0.25) is 0 Å². The highest BCUT2D eigenvalue weighted by Gasteiger charge is 2.36. The maximum Gasteiger partial charge on any atom is 0.328 e. The first-order valence-corrected chi connectivity index (χ1v) is 16.5. The van der Waals surface area contributed by atoms with Gasteiger partial charge in [0.1, 0.15) is 22.7 Å². The first kappa shape index (κ1) is 36.2. The average molecular weight is 679 g/mol. The van der Waals surface area contributed by atoms with Crippen molar-refractivity contribution in [2.45, 2.75) is 42.9 Å². The van der Waals surface area contributed by atoms with Crippen molar-refractivity contribution in [1.29, 1.82) is 0 Å². The fourth-order valence-electron chi connectivity index (χ4n) is 5.60. The summed E-state index contributed by atoms with van der Waals surface area (Å²) in [6, 6.07) is 19.6. The number of unbranched alkanes of at least 4 members (excludes halogenated alkanes) is 1. The van der Waals surface area contributed by atoms with Gasteiger partial charge in [-0.15, -0.1) is 0 Å². The Kier molecular flexibility index (Phi) is 13.2. The standard InChI is InChI=1S/C32H35FN2O4S.C4H4O4/c1-22(36)35-28-7-3-4-8-30(28)40-32(35)27-21-26(38-2)13-14-29(27)39-20-6-5-17-34-18-15-24(16-19-34)31(37)23-9-11-25(33)12-10-23;5-3(6)1-2-4(7)8/h3-4,7-14,21,24,32H,5-6,15-20H2,1-2H3;1-2H,(H,5,6)(H,7,8)/b;2-1-.